The van der Waals surface area contributed by atoms with Crippen LogP contribution in [0.25, 0.3) is 0 Å². The SMILES string of the molecule is CCI1C(N)=CC(C(C)C)=C(C(F)(F)F)C1C. The number of nitrogens with two attached hydrogens (primary N) is 1. The van der Waals surface area contributed by atoms with Crippen LogP contribution in [0.1, 0.15) is 27.7 Å². The third kappa shape index (κ3) is 2.98. The van der Waals surface area contributed by atoms with Crippen LogP contribution in [0.2, 0.25) is 0 Å². The maximum absolute atomic E-state index is 13.1. The molecular weight excluding hydrogens is 342 g/mol. The Morgan fingerprint density at radius 2 is 1.94 bits per heavy atom. The molecule has 1 aliphatic heterocycles. The summed E-state index contributed by atoms with van der Waals surface area (Å²) in [6, 6.07) is 0. The van der Waals surface area contributed by atoms with E-state index in [0.29, 0.717) is 5.57 Å². The fourth-order valence-corrected chi connectivity index (χ4v) is 7.58. The quantitative estimate of drug-likeness (QED) is 0.445. The van der Waals surface area contributed by atoms with E-state index in [2.05, 4.69) is 0 Å². The molecule has 100 valence electrons. The van der Waals surface area contributed by atoms with Gasteiger partial charge < -0.3 is 0 Å². The van der Waals surface area contributed by atoms with Crippen LogP contribution in [0.5, 0.6) is 0 Å². The molecule has 0 saturated carbocycles. The van der Waals surface area contributed by atoms with Gasteiger partial charge in [0.2, 0.25) is 0 Å². The topological polar surface area (TPSA) is 26.0 Å². The van der Waals surface area contributed by atoms with Crippen molar-refractivity contribution in [2.24, 2.45) is 11.7 Å². The molecule has 0 aromatic carbocycles. The molecule has 0 bridgehead atoms. The Morgan fingerprint density at radius 1 is 1.41 bits per heavy atom. The second kappa shape index (κ2) is 5.20. The van der Waals surface area contributed by atoms with Crippen molar-refractivity contribution in [3.8, 4) is 0 Å². The molecule has 0 saturated heterocycles. The van der Waals surface area contributed by atoms with Crippen LogP contribution in [0.3, 0.4) is 0 Å². The monoisotopic (exact) mass is 361 g/mol. The van der Waals surface area contributed by atoms with Crippen molar-refractivity contribution >= 4 is 19.8 Å². The van der Waals surface area contributed by atoms with E-state index < -0.39 is 29.9 Å². The van der Waals surface area contributed by atoms with Gasteiger partial charge >= 0.3 is 108 Å². The van der Waals surface area contributed by atoms with E-state index in [1.807, 2.05) is 6.92 Å². The summed E-state index contributed by atoms with van der Waals surface area (Å²) in [6.45, 7) is 7.20. The van der Waals surface area contributed by atoms with E-state index in [9.17, 15) is 13.2 Å². The number of hydrogen-bond acceptors (Lipinski definition) is 1. The summed E-state index contributed by atoms with van der Waals surface area (Å²) in [6.07, 6.45) is -2.62. The Balaban J connectivity index is 3.35. The summed E-state index contributed by atoms with van der Waals surface area (Å²) in [7, 11) is 0. The van der Waals surface area contributed by atoms with Crippen molar-refractivity contribution in [3.63, 3.8) is 0 Å². The first-order valence-corrected chi connectivity index (χ1v) is 9.47. The van der Waals surface area contributed by atoms with E-state index in [1.54, 1.807) is 26.8 Å². The summed E-state index contributed by atoms with van der Waals surface area (Å²) >= 11 is -1.86. The van der Waals surface area contributed by atoms with Gasteiger partial charge in [0.25, 0.3) is 0 Å². The second-order valence-corrected chi connectivity index (χ2v) is 11.2. The molecule has 1 heterocycles. The summed E-state index contributed by atoms with van der Waals surface area (Å²) in [5.74, 6) is -0.137. The zero-order valence-electron chi connectivity index (χ0n) is 10.5. The van der Waals surface area contributed by atoms with Crippen molar-refractivity contribution in [3.05, 3.63) is 20.9 Å². The van der Waals surface area contributed by atoms with Gasteiger partial charge in [0.15, 0.2) is 0 Å². The maximum atomic E-state index is 13.1. The molecule has 1 aliphatic rings. The third-order valence-corrected chi connectivity index (χ3v) is 9.33. The predicted octanol–water partition coefficient (Wildman–Crippen LogP) is 4.23. The Bertz CT molecular complexity index is 355. The standard InChI is InChI=1S/C12H19F3IN/c1-5-16-8(4)11(12(13,14)15)9(7(2)3)6-10(16)17/h6-8H,5,17H2,1-4H3. The van der Waals surface area contributed by atoms with Crippen molar-refractivity contribution in [2.45, 2.75) is 37.8 Å². The van der Waals surface area contributed by atoms with Gasteiger partial charge in [-0.1, -0.05) is 0 Å². The Labute approximate surface area is 108 Å². The van der Waals surface area contributed by atoms with Crippen LogP contribution in [-0.4, -0.2) is 14.5 Å². The van der Waals surface area contributed by atoms with E-state index >= 15 is 0 Å². The number of halogens is 4. The van der Waals surface area contributed by atoms with Gasteiger partial charge in [-0.2, -0.15) is 0 Å². The minimum absolute atomic E-state index is 0.137. The Kier molecular flexibility index (Phi) is 4.54. The first-order valence-electron chi connectivity index (χ1n) is 5.62. The Morgan fingerprint density at radius 3 is 2.29 bits per heavy atom. The van der Waals surface area contributed by atoms with E-state index in [4.69, 9.17) is 5.73 Å². The number of alkyl halides is 5. The normalized spacial score (nSPS) is 24.4. The molecule has 0 fully saturated rings. The van der Waals surface area contributed by atoms with Crippen LogP contribution in [0.15, 0.2) is 20.9 Å². The zero-order chi connectivity index (χ0) is 13.4. The van der Waals surface area contributed by atoms with E-state index in [-0.39, 0.29) is 11.5 Å². The van der Waals surface area contributed by atoms with Gasteiger partial charge in [-0.3, -0.25) is 0 Å². The average molecular weight is 361 g/mol. The van der Waals surface area contributed by atoms with Crippen LogP contribution < -0.4 is 5.73 Å². The molecule has 0 aliphatic carbocycles. The fraction of sp³-hybridized carbons (Fsp3) is 0.667. The molecular formula is C12H19F3IN. The summed E-state index contributed by atoms with van der Waals surface area (Å²) < 4.78 is 40.5. The molecule has 17 heavy (non-hydrogen) atoms. The zero-order valence-corrected chi connectivity index (χ0v) is 12.7. The summed E-state index contributed by atoms with van der Waals surface area (Å²) in [5.41, 5.74) is 6.00. The van der Waals surface area contributed by atoms with Crippen LogP contribution in [-0.2, 0) is 0 Å². The molecule has 5 heteroatoms. The minimum atomic E-state index is -4.22. The molecule has 0 spiro atoms. The van der Waals surface area contributed by atoms with E-state index in [1.165, 1.54) is 0 Å². The molecule has 0 radical (unpaired) electrons. The van der Waals surface area contributed by atoms with Gasteiger partial charge in [0.05, 0.1) is 0 Å². The molecule has 2 N–H and O–H groups in total. The molecule has 0 amide bonds. The van der Waals surface area contributed by atoms with Gasteiger partial charge in [-0.25, -0.2) is 0 Å². The second-order valence-electron chi connectivity index (χ2n) is 4.33. The third-order valence-electron chi connectivity index (χ3n) is 2.89. The van der Waals surface area contributed by atoms with Crippen molar-refractivity contribution in [1.82, 2.24) is 0 Å². The van der Waals surface area contributed by atoms with Crippen molar-refractivity contribution < 1.29 is 13.2 Å². The first kappa shape index (κ1) is 14.9. The van der Waals surface area contributed by atoms with Gasteiger partial charge in [-0.15, -0.1) is 0 Å². The van der Waals surface area contributed by atoms with Crippen LogP contribution in [0.4, 0.5) is 13.2 Å². The van der Waals surface area contributed by atoms with Gasteiger partial charge in [0.1, 0.15) is 0 Å². The predicted molar refractivity (Wildman–Crippen MR) is 74.2 cm³/mol. The molecule has 1 nitrogen and oxygen atoms in total. The molecule has 1 atom stereocenters. The first-order chi connectivity index (χ1) is 7.70. The van der Waals surface area contributed by atoms with Crippen LogP contribution >= 0.6 is 19.8 Å². The van der Waals surface area contributed by atoms with E-state index in [0.717, 1.165) is 8.13 Å². The molecule has 0 aromatic rings. The molecule has 1 rings (SSSR count). The number of hydrogen-bond donors (Lipinski definition) is 1. The fourth-order valence-electron chi connectivity index (χ4n) is 2.10. The number of allylic oxidation sites excluding steroid dienone is 3. The van der Waals surface area contributed by atoms with Gasteiger partial charge in [0, 0.05) is 0 Å². The summed E-state index contributed by atoms with van der Waals surface area (Å²) in [5, 5.41) is 0. The van der Waals surface area contributed by atoms with Gasteiger partial charge in [-0.05, 0) is 0 Å². The van der Waals surface area contributed by atoms with Crippen molar-refractivity contribution in [2.75, 3.05) is 4.43 Å². The average Bonchev–Trinajstić information content (AvgIpc) is 2.14. The van der Waals surface area contributed by atoms with Crippen LogP contribution in [0, 0.1) is 5.92 Å². The van der Waals surface area contributed by atoms with Crippen molar-refractivity contribution in [1.29, 1.82) is 0 Å². The molecule has 0 aromatic heterocycles. The molecule has 1 unspecified atom stereocenters. The number of rotatable bonds is 2. The summed E-state index contributed by atoms with van der Waals surface area (Å²) in [4.78, 5) is 0. The Hall–Kier alpha value is -0.200.